The SMILES string of the molecule is CCC[C@@H]1C[C@H](C(=O)N2CCC(c3ccnn3CCO)CC2)CCO1. The van der Waals surface area contributed by atoms with Crippen molar-refractivity contribution in [1.29, 1.82) is 0 Å². The minimum absolute atomic E-state index is 0.106. The molecule has 0 unspecified atom stereocenters. The van der Waals surface area contributed by atoms with Gasteiger partial charge in [-0.05, 0) is 38.2 Å². The number of hydrogen-bond donors (Lipinski definition) is 1. The lowest BCUT2D eigenvalue weighted by Gasteiger charge is -2.36. The van der Waals surface area contributed by atoms with E-state index in [0.717, 1.165) is 58.2 Å². The standard InChI is InChI=1S/C19H31N3O3/c1-2-3-17-14-16(7-13-25-17)19(24)21-9-5-15(6-10-21)18-4-8-20-22(18)11-12-23/h4,8,15-17,23H,2-3,5-7,9-14H2,1H3/t16-,17-/m1/s1. The minimum Gasteiger partial charge on any atom is -0.394 e. The van der Waals surface area contributed by atoms with E-state index >= 15 is 0 Å². The second-order valence-electron chi connectivity index (χ2n) is 7.31. The zero-order valence-electron chi connectivity index (χ0n) is 15.3. The molecule has 2 aliphatic rings. The van der Waals surface area contributed by atoms with Gasteiger partial charge >= 0.3 is 0 Å². The molecule has 1 aromatic rings. The summed E-state index contributed by atoms with van der Waals surface area (Å²) in [5.74, 6) is 0.897. The van der Waals surface area contributed by atoms with Crippen LogP contribution >= 0.6 is 0 Å². The fraction of sp³-hybridized carbons (Fsp3) is 0.789. The van der Waals surface area contributed by atoms with Crippen LogP contribution in [-0.4, -0.2) is 58.1 Å². The maximum absolute atomic E-state index is 12.9. The van der Waals surface area contributed by atoms with Crippen molar-refractivity contribution in [2.24, 2.45) is 5.92 Å². The summed E-state index contributed by atoms with van der Waals surface area (Å²) < 4.78 is 7.69. The lowest BCUT2D eigenvalue weighted by molar-refractivity contribution is -0.142. The summed E-state index contributed by atoms with van der Waals surface area (Å²) in [6, 6.07) is 2.05. The molecule has 25 heavy (non-hydrogen) atoms. The Labute approximate surface area is 150 Å². The first kappa shape index (κ1) is 18.4. The van der Waals surface area contributed by atoms with Crippen molar-refractivity contribution in [3.63, 3.8) is 0 Å². The van der Waals surface area contributed by atoms with Crippen molar-refractivity contribution >= 4 is 5.91 Å². The molecule has 0 saturated carbocycles. The summed E-state index contributed by atoms with van der Waals surface area (Å²) in [6.07, 6.45) is 7.93. The van der Waals surface area contributed by atoms with E-state index in [0.29, 0.717) is 18.4 Å². The molecule has 3 heterocycles. The topological polar surface area (TPSA) is 67.6 Å². The summed E-state index contributed by atoms with van der Waals surface area (Å²) in [4.78, 5) is 14.9. The molecule has 2 fully saturated rings. The number of aromatic nitrogens is 2. The van der Waals surface area contributed by atoms with Gasteiger partial charge in [-0.1, -0.05) is 13.3 Å². The fourth-order valence-electron chi connectivity index (χ4n) is 4.25. The van der Waals surface area contributed by atoms with Crippen LogP contribution in [0.15, 0.2) is 12.3 Å². The van der Waals surface area contributed by atoms with Crippen LogP contribution in [0.4, 0.5) is 0 Å². The average Bonchev–Trinajstić information content (AvgIpc) is 3.10. The molecule has 2 atom stereocenters. The third kappa shape index (κ3) is 4.42. The lowest BCUT2D eigenvalue weighted by atomic mass is 9.89. The third-order valence-corrected chi connectivity index (χ3v) is 5.61. The molecule has 0 aromatic carbocycles. The second-order valence-corrected chi connectivity index (χ2v) is 7.31. The molecule has 3 rings (SSSR count). The van der Waals surface area contributed by atoms with Crippen LogP contribution in [-0.2, 0) is 16.1 Å². The summed E-state index contributed by atoms with van der Waals surface area (Å²) in [7, 11) is 0. The Hall–Kier alpha value is -1.40. The van der Waals surface area contributed by atoms with Crippen molar-refractivity contribution in [2.75, 3.05) is 26.3 Å². The number of aliphatic hydroxyl groups excluding tert-OH is 1. The summed E-state index contributed by atoms with van der Waals surface area (Å²) >= 11 is 0. The van der Waals surface area contributed by atoms with Gasteiger partial charge in [-0.25, -0.2) is 0 Å². The van der Waals surface area contributed by atoms with Crippen LogP contribution in [0.3, 0.4) is 0 Å². The van der Waals surface area contributed by atoms with E-state index in [2.05, 4.69) is 16.9 Å². The van der Waals surface area contributed by atoms with Gasteiger partial charge in [-0.15, -0.1) is 0 Å². The summed E-state index contributed by atoms with van der Waals surface area (Å²) in [6.45, 7) is 5.18. The van der Waals surface area contributed by atoms with Crippen LogP contribution in [0.1, 0.15) is 57.1 Å². The van der Waals surface area contributed by atoms with Crippen LogP contribution in [0.5, 0.6) is 0 Å². The average molecular weight is 349 g/mol. The largest absolute Gasteiger partial charge is 0.394 e. The molecule has 0 radical (unpaired) electrons. The molecular formula is C19H31N3O3. The van der Waals surface area contributed by atoms with Crippen molar-refractivity contribution in [2.45, 2.75) is 64.0 Å². The molecule has 2 saturated heterocycles. The van der Waals surface area contributed by atoms with Crippen molar-refractivity contribution < 1.29 is 14.6 Å². The molecule has 0 bridgehead atoms. The zero-order valence-corrected chi connectivity index (χ0v) is 15.3. The van der Waals surface area contributed by atoms with Crippen LogP contribution in [0.25, 0.3) is 0 Å². The van der Waals surface area contributed by atoms with E-state index in [1.54, 1.807) is 6.20 Å². The van der Waals surface area contributed by atoms with E-state index in [1.165, 1.54) is 5.69 Å². The second kappa shape index (κ2) is 8.81. The van der Waals surface area contributed by atoms with Crippen LogP contribution < -0.4 is 0 Å². The molecule has 140 valence electrons. The van der Waals surface area contributed by atoms with Gasteiger partial charge in [0.25, 0.3) is 0 Å². The van der Waals surface area contributed by atoms with Crippen molar-refractivity contribution in [3.05, 3.63) is 18.0 Å². The molecule has 6 heteroatoms. The quantitative estimate of drug-likeness (QED) is 0.855. The number of ether oxygens (including phenoxy) is 1. The highest BCUT2D eigenvalue weighted by molar-refractivity contribution is 5.79. The molecule has 0 aliphatic carbocycles. The highest BCUT2D eigenvalue weighted by atomic mass is 16.5. The summed E-state index contributed by atoms with van der Waals surface area (Å²) in [5.41, 5.74) is 1.19. The highest BCUT2D eigenvalue weighted by Crippen LogP contribution is 2.31. The Bertz CT molecular complexity index is 550. The molecular weight excluding hydrogens is 318 g/mol. The Balaban J connectivity index is 1.53. The molecule has 0 spiro atoms. The Morgan fingerprint density at radius 1 is 1.36 bits per heavy atom. The maximum Gasteiger partial charge on any atom is 0.225 e. The van der Waals surface area contributed by atoms with Crippen molar-refractivity contribution in [1.82, 2.24) is 14.7 Å². The summed E-state index contributed by atoms with van der Waals surface area (Å²) in [5, 5.41) is 13.5. The number of likely N-dealkylation sites (tertiary alicyclic amines) is 1. The number of carbonyl (C=O) groups excluding carboxylic acids is 1. The number of amides is 1. The minimum atomic E-state index is 0.106. The predicted octanol–water partition coefficient (Wildman–Crippen LogP) is 2.18. The number of rotatable bonds is 6. The van der Waals surface area contributed by atoms with E-state index < -0.39 is 0 Å². The molecule has 1 N–H and O–H groups in total. The number of hydrogen-bond acceptors (Lipinski definition) is 4. The number of nitrogens with zero attached hydrogens (tertiary/aromatic N) is 3. The van der Waals surface area contributed by atoms with E-state index in [4.69, 9.17) is 9.84 Å². The zero-order chi connectivity index (χ0) is 17.6. The van der Waals surface area contributed by atoms with Gasteiger partial charge < -0.3 is 14.7 Å². The Morgan fingerprint density at radius 2 is 2.16 bits per heavy atom. The number of carbonyl (C=O) groups is 1. The first-order valence-electron chi connectivity index (χ1n) is 9.75. The highest BCUT2D eigenvalue weighted by Gasteiger charge is 2.33. The Morgan fingerprint density at radius 3 is 2.88 bits per heavy atom. The van der Waals surface area contributed by atoms with E-state index in [-0.39, 0.29) is 18.6 Å². The first-order valence-corrected chi connectivity index (χ1v) is 9.75. The van der Waals surface area contributed by atoms with E-state index in [1.807, 2.05) is 10.7 Å². The molecule has 6 nitrogen and oxygen atoms in total. The lowest BCUT2D eigenvalue weighted by Crippen LogP contribution is -2.44. The van der Waals surface area contributed by atoms with Gasteiger partial charge in [0.2, 0.25) is 5.91 Å². The predicted molar refractivity (Wildman–Crippen MR) is 95.2 cm³/mol. The normalized spacial score (nSPS) is 25.3. The smallest absolute Gasteiger partial charge is 0.225 e. The van der Waals surface area contributed by atoms with Gasteiger partial charge in [-0.2, -0.15) is 5.10 Å². The monoisotopic (exact) mass is 349 g/mol. The number of aliphatic hydroxyl groups is 1. The fourth-order valence-corrected chi connectivity index (χ4v) is 4.25. The van der Waals surface area contributed by atoms with Crippen LogP contribution in [0, 0.1) is 5.92 Å². The third-order valence-electron chi connectivity index (χ3n) is 5.61. The van der Waals surface area contributed by atoms with Gasteiger partial charge in [0.05, 0.1) is 19.3 Å². The number of piperidine rings is 1. The molecule has 2 aliphatic heterocycles. The Kier molecular flexibility index (Phi) is 6.48. The van der Waals surface area contributed by atoms with Gasteiger partial charge in [0.15, 0.2) is 0 Å². The molecule has 1 amide bonds. The van der Waals surface area contributed by atoms with E-state index in [9.17, 15) is 4.79 Å². The maximum atomic E-state index is 12.9. The first-order chi connectivity index (χ1) is 12.2. The van der Waals surface area contributed by atoms with Gasteiger partial charge in [-0.3, -0.25) is 9.48 Å². The van der Waals surface area contributed by atoms with Crippen molar-refractivity contribution in [3.8, 4) is 0 Å². The molecule has 1 aromatic heterocycles. The van der Waals surface area contributed by atoms with Gasteiger partial charge in [0, 0.05) is 43.4 Å². The van der Waals surface area contributed by atoms with Crippen LogP contribution in [0.2, 0.25) is 0 Å². The van der Waals surface area contributed by atoms with Gasteiger partial charge in [0.1, 0.15) is 0 Å².